The predicted molar refractivity (Wildman–Crippen MR) is 113 cm³/mol. The second-order valence-corrected chi connectivity index (χ2v) is 8.31. The molecule has 1 atom stereocenters. The van der Waals surface area contributed by atoms with Crippen LogP contribution < -0.4 is 0 Å². The summed E-state index contributed by atoms with van der Waals surface area (Å²) in [5.74, 6) is 0.950. The van der Waals surface area contributed by atoms with E-state index in [1.165, 1.54) is 128 Å². The van der Waals surface area contributed by atoms with Crippen molar-refractivity contribution in [1.29, 1.82) is 0 Å². The average Bonchev–Trinajstić information content (AvgIpc) is 2.60. The first kappa shape index (κ1) is 24.0. The molecule has 0 spiro atoms. The summed E-state index contributed by atoms with van der Waals surface area (Å²) in [6.07, 6.45) is 29.4. The zero-order valence-corrected chi connectivity index (χ0v) is 17.7. The van der Waals surface area contributed by atoms with Gasteiger partial charge in [0.05, 0.1) is 0 Å². The van der Waals surface area contributed by atoms with Crippen LogP contribution in [0.4, 0.5) is 0 Å². The lowest BCUT2D eigenvalue weighted by Crippen LogP contribution is -1.91. The van der Waals surface area contributed by atoms with Crippen molar-refractivity contribution < 1.29 is 0 Å². The lowest BCUT2D eigenvalue weighted by atomic mass is 9.99. The minimum Gasteiger partial charge on any atom is -0.0654 e. The van der Waals surface area contributed by atoms with Crippen LogP contribution in [0.5, 0.6) is 0 Å². The maximum atomic E-state index is 2.40. The zero-order valence-electron chi connectivity index (χ0n) is 17.7. The summed E-state index contributed by atoms with van der Waals surface area (Å²) in [6, 6.07) is 0. The lowest BCUT2D eigenvalue weighted by Gasteiger charge is -2.07. The lowest BCUT2D eigenvalue weighted by molar-refractivity contribution is 0.468. The van der Waals surface area contributed by atoms with E-state index in [4.69, 9.17) is 0 Å². The number of hydrogen-bond donors (Lipinski definition) is 0. The third kappa shape index (κ3) is 20.0. The fourth-order valence-corrected chi connectivity index (χ4v) is 3.60. The summed E-state index contributed by atoms with van der Waals surface area (Å²) in [7, 11) is 0. The SMILES string of the molecule is CCCCCCCCCCCCCCCCCCCC[C@@H](C)CC. The van der Waals surface area contributed by atoms with Crippen molar-refractivity contribution in [2.75, 3.05) is 0 Å². The van der Waals surface area contributed by atoms with Crippen LogP contribution in [0.25, 0.3) is 0 Å². The molecule has 0 heteroatoms. The van der Waals surface area contributed by atoms with Gasteiger partial charge in [0.15, 0.2) is 0 Å². The molecule has 0 saturated heterocycles. The molecular weight excluding hydrogens is 288 g/mol. The average molecular weight is 339 g/mol. The van der Waals surface area contributed by atoms with E-state index in [0.717, 1.165) is 5.92 Å². The molecule has 0 aromatic heterocycles. The Morgan fingerprint density at radius 1 is 0.417 bits per heavy atom. The minimum atomic E-state index is 0.950. The largest absolute Gasteiger partial charge is 0.0654 e. The van der Waals surface area contributed by atoms with E-state index in [1.807, 2.05) is 0 Å². The number of unbranched alkanes of at least 4 members (excludes halogenated alkanes) is 17. The zero-order chi connectivity index (χ0) is 17.7. The summed E-state index contributed by atoms with van der Waals surface area (Å²) in [6.45, 7) is 7.02. The molecule has 0 unspecified atom stereocenters. The van der Waals surface area contributed by atoms with E-state index < -0.39 is 0 Å². The van der Waals surface area contributed by atoms with Gasteiger partial charge in [0.25, 0.3) is 0 Å². The highest BCUT2D eigenvalue weighted by Gasteiger charge is 1.98. The van der Waals surface area contributed by atoms with Gasteiger partial charge in [-0.3, -0.25) is 0 Å². The first-order valence-electron chi connectivity index (χ1n) is 11.8. The molecule has 146 valence electrons. The monoisotopic (exact) mass is 338 g/mol. The van der Waals surface area contributed by atoms with E-state index >= 15 is 0 Å². The Labute approximate surface area is 155 Å². The molecule has 24 heavy (non-hydrogen) atoms. The standard InChI is InChI=1S/C24H50/c1-4-6-7-8-9-10-11-12-13-14-15-16-17-18-19-20-21-22-23-24(3)5-2/h24H,4-23H2,1-3H3/t24-/m0/s1. The summed E-state index contributed by atoms with van der Waals surface area (Å²) in [4.78, 5) is 0. The van der Waals surface area contributed by atoms with Crippen molar-refractivity contribution in [3.63, 3.8) is 0 Å². The Morgan fingerprint density at radius 2 is 0.708 bits per heavy atom. The summed E-state index contributed by atoms with van der Waals surface area (Å²) in [5.41, 5.74) is 0. The normalized spacial score (nSPS) is 12.6. The Balaban J connectivity index is 2.98. The maximum Gasteiger partial charge on any atom is -0.0445 e. The van der Waals surface area contributed by atoms with Gasteiger partial charge in [-0.25, -0.2) is 0 Å². The molecule has 0 fully saturated rings. The van der Waals surface area contributed by atoms with Crippen molar-refractivity contribution in [3.05, 3.63) is 0 Å². The van der Waals surface area contributed by atoms with Crippen LogP contribution >= 0.6 is 0 Å². The van der Waals surface area contributed by atoms with Gasteiger partial charge in [-0.05, 0) is 5.92 Å². The van der Waals surface area contributed by atoms with Gasteiger partial charge in [0, 0.05) is 0 Å². The van der Waals surface area contributed by atoms with E-state index in [0.29, 0.717) is 0 Å². The molecule has 0 radical (unpaired) electrons. The Morgan fingerprint density at radius 3 is 1.00 bits per heavy atom. The first-order chi connectivity index (χ1) is 11.8. The van der Waals surface area contributed by atoms with Crippen LogP contribution in [-0.4, -0.2) is 0 Å². The Bertz CT molecular complexity index is 208. The van der Waals surface area contributed by atoms with Crippen LogP contribution in [0.2, 0.25) is 0 Å². The third-order valence-electron chi connectivity index (χ3n) is 5.75. The molecule has 0 aromatic carbocycles. The fourth-order valence-electron chi connectivity index (χ4n) is 3.60. The van der Waals surface area contributed by atoms with Crippen LogP contribution in [0, 0.1) is 5.92 Å². The molecule has 0 aliphatic rings. The molecule has 0 rings (SSSR count). The smallest absolute Gasteiger partial charge is 0.0445 e. The third-order valence-corrected chi connectivity index (χ3v) is 5.75. The van der Waals surface area contributed by atoms with Gasteiger partial charge >= 0.3 is 0 Å². The first-order valence-corrected chi connectivity index (χ1v) is 11.8. The topological polar surface area (TPSA) is 0 Å². The van der Waals surface area contributed by atoms with Gasteiger partial charge in [-0.15, -0.1) is 0 Å². The summed E-state index contributed by atoms with van der Waals surface area (Å²) < 4.78 is 0. The molecule has 0 heterocycles. The maximum absolute atomic E-state index is 2.40. The number of rotatable bonds is 20. The molecule has 0 bridgehead atoms. The minimum absolute atomic E-state index is 0.950. The molecular formula is C24H50. The van der Waals surface area contributed by atoms with Gasteiger partial charge in [-0.2, -0.15) is 0 Å². The summed E-state index contributed by atoms with van der Waals surface area (Å²) >= 11 is 0. The molecule has 0 aliphatic carbocycles. The predicted octanol–water partition coefficient (Wildman–Crippen LogP) is 9.46. The molecule has 0 amide bonds. The van der Waals surface area contributed by atoms with E-state index in [-0.39, 0.29) is 0 Å². The van der Waals surface area contributed by atoms with E-state index in [2.05, 4.69) is 20.8 Å². The van der Waals surface area contributed by atoms with Crippen LogP contribution in [0.15, 0.2) is 0 Å². The fraction of sp³-hybridized carbons (Fsp3) is 1.00. The quantitative estimate of drug-likeness (QED) is 0.194. The van der Waals surface area contributed by atoms with Gasteiger partial charge < -0.3 is 0 Å². The molecule has 0 N–H and O–H groups in total. The Hall–Kier alpha value is 0. The highest BCUT2D eigenvalue weighted by atomic mass is 14.0. The van der Waals surface area contributed by atoms with E-state index in [9.17, 15) is 0 Å². The van der Waals surface area contributed by atoms with Crippen LogP contribution in [0.3, 0.4) is 0 Å². The van der Waals surface area contributed by atoms with Gasteiger partial charge in [0.1, 0.15) is 0 Å². The van der Waals surface area contributed by atoms with Crippen molar-refractivity contribution >= 4 is 0 Å². The number of hydrogen-bond acceptors (Lipinski definition) is 0. The van der Waals surface area contributed by atoms with Crippen LogP contribution in [0.1, 0.15) is 149 Å². The molecule has 0 aliphatic heterocycles. The Kier molecular flexibility index (Phi) is 21.0. The highest BCUT2D eigenvalue weighted by Crippen LogP contribution is 2.16. The van der Waals surface area contributed by atoms with E-state index in [1.54, 1.807) is 0 Å². The summed E-state index contributed by atoms with van der Waals surface area (Å²) in [5, 5.41) is 0. The molecule has 0 aromatic rings. The molecule has 0 saturated carbocycles. The van der Waals surface area contributed by atoms with Crippen LogP contribution in [-0.2, 0) is 0 Å². The van der Waals surface area contributed by atoms with Gasteiger partial charge in [-0.1, -0.05) is 149 Å². The molecule has 0 nitrogen and oxygen atoms in total. The van der Waals surface area contributed by atoms with Crippen molar-refractivity contribution in [3.8, 4) is 0 Å². The second-order valence-electron chi connectivity index (χ2n) is 8.31. The van der Waals surface area contributed by atoms with Crippen molar-refractivity contribution in [2.24, 2.45) is 5.92 Å². The van der Waals surface area contributed by atoms with Gasteiger partial charge in [0.2, 0.25) is 0 Å². The van der Waals surface area contributed by atoms with Crippen molar-refractivity contribution in [2.45, 2.75) is 149 Å². The van der Waals surface area contributed by atoms with Crippen molar-refractivity contribution in [1.82, 2.24) is 0 Å². The second kappa shape index (κ2) is 21.0. The highest BCUT2D eigenvalue weighted by molar-refractivity contribution is 4.53.